The minimum Gasteiger partial charge on any atom is -0.344 e. The van der Waals surface area contributed by atoms with Gasteiger partial charge < -0.3 is 14.5 Å². The van der Waals surface area contributed by atoms with Crippen LogP contribution < -0.4 is 5.32 Å². The summed E-state index contributed by atoms with van der Waals surface area (Å²) in [6.45, 7) is 4.42. The standard InChI is InChI=1S/C53H39N5/c1-34-30-35(2)50-46(31-34)45-33-40(39-24-28-48-44(32-39)43-20-12-13-21-47(43)57(48)41-18-10-5-11-19-41)25-29-49(45)58(50)42-26-22-38(23-27-42)53-55-51(36-14-6-3-7-15-36)54-52(56-53)37-16-8-4-9-17-37/h3-33,53H,1-2H3,(H,54,55,56). The van der Waals surface area contributed by atoms with Gasteiger partial charge in [-0.05, 0) is 96.8 Å². The Bertz CT molecular complexity index is 3240. The number of nitrogens with one attached hydrogen (secondary N) is 1. The molecule has 0 radical (unpaired) electrons. The predicted octanol–water partition coefficient (Wildman–Crippen LogP) is 12.7. The van der Waals surface area contributed by atoms with E-state index in [1.807, 2.05) is 36.4 Å². The zero-order valence-electron chi connectivity index (χ0n) is 32.3. The van der Waals surface area contributed by atoms with Crippen molar-refractivity contribution in [3.8, 4) is 22.5 Å². The van der Waals surface area contributed by atoms with Crippen LogP contribution in [0.2, 0.25) is 0 Å². The predicted molar refractivity (Wildman–Crippen MR) is 242 cm³/mol. The summed E-state index contributed by atoms with van der Waals surface area (Å²) >= 11 is 0. The van der Waals surface area contributed by atoms with Gasteiger partial charge in [0.1, 0.15) is 12.0 Å². The quantitative estimate of drug-likeness (QED) is 0.181. The van der Waals surface area contributed by atoms with Gasteiger partial charge in [-0.2, -0.15) is 0 Å². The van der Waals surface area contributed by atoms with E-state index in [9.17, 15) is 0 Å². The lowest BCUT2D eigenvalue weighted by Crippen LogP contribution is -2.33. The van der Waals surface area contributed by atoms with Crippen LogP contribution in [0, 0.1) is 13.8 Å². The van der Waals surface area contributed by atoms with Crippen molar-refractivity contribution in [2.45, 2.75) is 20.0 Å². The Morgan fingerprint density at radius 2 is 1.02 bits per heavy atom. The van der Waals surface area contributed by atoms with E-state index in [4.69, 9.17) is 9.98 Å². The average Bonchev–Trinajstić information content (AvgIpc) is 3.79. The van der Waals surface area contributed by atoms with Crippen molar-refractivity contribution < 1.29 is 0 Å². The molecule has 2 aromatic heterocycles. The molecule has 1 unspecified atom stereocenters. The zero-order chi connectivity index (χ0) is 38.7. The first-order chi connectivity index (χ1) is 28.6. The van der Waals surface area contributed by atoms with Gasteiger partial charge in [0.25, 0.3) is 0 Å². The number of aryl methyl sites for hydroxylation is 2. The van der Waals surface area contributed by atoms with Crippen LogP contribution in [0.3, 0.4) is 0 Å². The molecule has 0 amide bonds. The van der Waals surface area contributed by atoms with Crippen molar-refractivity contribution in [1.29, 1.82) is 0 Å². The number of aromatic nitrogens is 2. The number of rotatable bonds is 6. The third-order valence-electron chi connectivity index (χ3n) is 11.5. The maximum Gasteiger partial charge on any atom is 0.159 e. The van der Waals surface area contributed by atoms with E-state index in [1.54, 1.807) is 0 Å². The molecule has 58 heavy (non-hydrogen) atoms. The first-order valence-electron chi connectivity index (χ1n) is 19.9. The van der Waals surface area contributed by atoms with E-state index < -0.39 is 0 Å². The van der Waals surface area contributed by atoms with E-state index in [0.717, 1.165) is 34.0 Å². The molecular formula is C53H39N5. The fourth-order valence-electron chi connectivity index (χ4n) is 8.87. The number of nitrogens with zero attached hydrogens (tertiary/aromatic N) is 4. The highest BCUT2D eigenvalue weighted by Gasteiger charge is 2.22. The summed E-state index contributed by atoms with van der Waals surface area (Å²) in [5, 5.41) is 8.63. The minimum absolute atomic E-state index is 0.291. The third kappa shape index (κ3) is 5.62. The van der Waals surface area contributed by atoms with Crippen molar-refractivity contribution in [2.75, 3.05) is 0 Å². The van der Waals surface area contributed by atoms with Crippen LogP contribution in [0.5, 0.6) is 0 Å². The highest BCUT2D eigenvalue weighted by Crippen LogP contribution is 2.39. The lowest BCUT2D eigenvalue weighted by atomic mass is 10.00. The molecule has 276 valence electrons. The number of benzene rings is 8. The molecule has 10 aromatic rings. The fourth-order valence-corrected chi connectivity index (χ4v) is 8.87. The number of hydrogen-bond acceptors (Lipinski definition) is 3. The molecular weight excluding hydrogens is 707 g/mol. The highest BCUT2D eigenvalue weighted by atomic mass is 15.2. The highest BCUT2D eigenvalue weighted by molar-refractivity contribution is 6.14. The van der Waals surface area contributed by atoms with E-state index in [0.29, 0.717) is 0 Å². The van der Waals surface area contributed by atoms with Gasteiger partial charge in [0, 0.05) is 44.0 Å². The van der Waals surface area contributed by atoms with E-state index in [-0.39, 0.29) is 6.17 Å². The molecule has 1 N–H and O–H groups in total. The van der Waals surface area contributed by atoms with Crippen molar-refractivity contribution in [2.24, 2.45) is 9.98 Å². The van der Waals surface area contributed by atoms with Gasteiger partial charge in [0.2, 0.25) is 0 Å². The lowest BCUT2D eigenvalue weighted by molar-refractivity contribution is 0.674. The number of para-hydroxylation sites is 2. The minimum atomic E-state index is -0.291. The van der Waals surface area contributed by atoms with Crippen LogP contribution in [0.4, 0.5) is 0 Å². The molecule has 5 heteroatoms. The SMILES string of the molecule is Cc1cc(C)c2c(c1)c1cc(-c3ccc4c(c3)c3ccccc3n4-c3ccccc3)ccc1n2-c1ccc(C2N=C(c3ccccc3)N=C(c3ccccc3)N2)cc1. The second kappa shape index (κ2) is 13.6. The Labute approximate surface area is 336 Å². The molecule has 11 rings (SSSR count). The summed E-state index contributed by atoms with van der Waals surface area (Å²) in [4.78, 5) is 10.1. The number of amidine groups is 2. The third-order valence-corrected chi connectivity index (χ3v) is 11.5. The Morgan fingerprint density at radius 1 is 0.448 bits per heavy atom. The molecule has 3 heterocycles. The molecule has 1 atom stereocenters. The molecule has 0 fully saturated rings. The van der Waals surface area contributed by atoms with Gasteiger partial charge in [0.05, 0.1) is 22.1 Å². The smallest absolute Gasteiger partial charge is 0.159 e. The van der Waals surface area contributed by atoms with Gasteiger partial charge >= 0.3 is 0 Å². The van der Waals surface area contributed by atoms with Crippen molar-refractivity contribution in [3.63, 3.8) is 0 Å². The van der Waals surface area contributed by atoms with Crippen molar-refractivity contribution >= 4 is 55.3 Å². The molecule has 0 saturated heterocycles. The molecule has 0 aliphatic carbocycles. The van der Waals surface area contributed by atoms with E-state index >= 15 is 0 Å². The van der Waals surface area contributed by atoms with Gasteiger partial charge in [-0.3, -0.25) is 0 Å². The molecule has 5 nitrogen and oxygen atoms in total. The van der Waals surface area contributed by atoms with Gasteiger partial charge in [-0.25, -0.2) is 9.98 Å². The zero-order valence-corrected chi connectivity index (χ0v) is 32.3. The molecule has 0 spiro atoms. The van der Waals surface area contributed by atoms with Crippen LogP contribution in [-0.4, -0.2) is 20.8 Å². The summed E-state index contributed by atoms with van der Waals surface area (Å²) in [6.07, 6.45) is -0.291. The number of fused-ring (bicyclic) bond motifs is 6. The summed E-state index contributed by atoms with van der Waals surface area (Å²) in [6, 6.07) is 67.2. The molecule has 0 bridgehead atoms. The van der Waals surface area contributed by atoms with Crippen LogP contribution in [-0.2, 0) is 0 Å². The first kappa shape index (κ1) is 33.8. The average molecular weight is 746 g/mol. The molecule has 0 saturated carbocycles. The second-order valence-corrected chi connectivity index (χ2v) is 15.2. The number of hydrogen-bond donors (Lipinski definition) is 1. The maximum atomic E-state index is 5.11. The summed E-state index contributed by atoms with van der Waals surface area (Å²) in [5.41, 5.74) is 15.1. The lowest BCUT2D eigenvalue weighted by Gasteiger charge is -2.24. The van der Waals surface area contributed by atoms with Crippen LogP contribution in [0.25, 0.3) is 66.1 Å². The van der Waals surface area contributed by atoms with E-state index in [1.165, 1.54) is 71.6 Å². The number of aliphatic imine (C=N–C) groups is 2. The van der Waals surface area contributed by atoms with Crippen LogP contribution >= 0.6 is 0 Å². The summed E-state index contributed by atoms with van der Waals surface area (Å²) < 4.78 is 4.80. The summed E-state index contributed by atoms with van der Waals surface area (Å²) in [7, 11) is 0. The Kier molecular flexibility index (Phi) is 7.93. The fraction of sp³-hybridized carbons (Fsp3) is 0.0566. The van der Waals surface area contributed by atoms with Gasteiger partial charge in [-0.15, -0.1) is 0 Å². The molecule has 1 aliphatic rings. The van der Waals surface area contributed by atoms with Gasteiger partial charge in [0.15, 0.2) is 5.84 Å². The summed E-state index contributed by atoms with van der Waals surface area (Å²) in [5.74, 6) is 1.53. The largest absolute Gasteiger partial charge is 0.344 e. The molecule has 1 aliphatic heterocycles. The van der Waals surface area contributed by atoms with Crippen molar-refractivity contribution in [1.82, 2.24) is 14.5 Å². The Morgan fingerprint density at radius 3 is 1.72 bits per heavy atom. The monoisotopic (exact) mass is 745 g/mol. The topological polar surface area (TPSA) is 46.6 Å². The van der Waals surface area contributed by atoms with Crippen LogP contribution in [0.15, 0.2) is 198 Å². The maximum absolute atomic E-state index is 5.11. The van der Waals surface area contributed by atoms with Crippen molar-refractivity contribution in [3.05, 3.63) is 216 Å². The first-order valence-corrected chi connectivity index (χ1v) is 19.9. The molecule has 8 aromatic carbocycles. The normalized spacial score (nSPS) is 14.2. The Balaban J connectivity index is 1.01. The Hall–Kier alpha value is -7.50. The van der Waals surface area contributed by atoms with E-state index in [2.05, 4.69) is 180 Å². The van der Waals surface area contributed by atoms with Crippen LogP contribution in [0.1, 0.15) is 34.0 Å². The second-order valence-electron chi connectivity index (χ2n) is 15.2. The van der Waals surface area contributed by atoms with Gasteiger partial charge in [-0.1, -0.05) is 133 Å².